The predicted octanol–water partition coefficient (Wildman–Crippen LogP) is 5.00. The Balaban J connectivity index is 1.69. The fourth-order valence-electron chi connectivity index (χ4n) is 2.29. The van der Waals surface area contributed by atoms with E-state index < -0.39 is 0 Å². The Hall–Kier alpha value is -2.81. The van der Waals surface area contributed by atoms with Crippen LogP contribution in [0.5, 0.6) is 0 Å². The van der Waals surface area contributed by atoms with Gasteiger partial charge in [-0.2, -0.15) is 0 Å². The maximum absolute atomic E-state index is 4.53. The molecule has 0 aliphatic carbocycles. The quantitative estimate of drug-likeness (QED) is 0.658. The molecule has 3 nitrogen and oxygen atoms in total. The van der Waals surface area contributed by atoms with E-state index >= 15 is 0 Å². The van der Waals surface area contributed by atoms with E-state index in [9.17, 15) is 0 Å². The lowest BCUT2D eigenvalue weighted by molar-refractivity contribution is 0.764. The van der Waals surface area contributed by atoms with Gasteiger partial charge in [-0.15, -0.1) is 0 Å². The van der Waals surface area contributed by atoms with Crippen molar-refractivity contribution in [2.24, 2.45) is 4.99 Å². The van der Waals surface area contributed by atoms with E-state index in [0.717, 1.165) is 29.3 Å². The van der Waals surface area contributed by atoms with E-state index in [2.05, 4.69) is 34.1 Å². The molecule has 1 heterocycles. The summed E-state index contributed by atoms with van der Waals surface area (Å²) < 4.78 is 2.16. The van der Waals surface area contributed by atoms with Gasteiger partial charge in [-0.05, 0) is 55.5 Å². The van der Waals surface area contributed by atoms with Crippen LogP contribution >= 0.6 is 0 Å². The SMILES string of the molecule is CCn1cccc1C=Nc1ccc(Nc2ccccc2)cc1. The van der Waals surface area contributed by atoms with Crippen molar-refractivity contribution in [2.75, 3.05) is 5.32 Å². The third-order valence-electron chi connectivity index (χ3n) is 3.48. The summed E-state index contributed by atoms with van der Waals surface area (Å²) in [6.45, 7) is 3.08. The van der Waals surface area contributed by atoms with Crippen LogP contribution in [-0.2, 0) is 6.54 Å². The largest absolute Gasteiger partial charge is 0.356 e. The number of aliphatic imine (C=N–C) groups is 1. The summed E-state index contributed by atoms with van der Waals surface area (Å²) in [5.41, 5.74) is 4.21. The Morgan fingerprint density at radius 3 is 2.36 bits per heavy atom. The zero-order valence-electron chi connectivity index (χ0n) is 12.6. The number of aromatic nitrogens is 1. The molecule has 2 aromatic carbocycles. The first-order valence-corrected chi connectivity index (χ1v) is 7.46. The molecular weight excluding hydrogens is 270 g/mol. The van der Waals surface area contributed by atoms with E-state index in [1.165, 1.54) is 0 Å². The second-order valence-electron chi connectivity index (χ2n) is 5.02. The van der Waals surface area contributed by atoms with Crippen molar-refractivity contribution in [3.8, 4) is 0 Å². The summed E-state index contributed by atoms with van der Waals surface area (Å²) in [4.78, 5) is 4.53. The van der Waals surface area contributed by atoms with Crippen molar-refractivity contribution >= 4 is 23.3 Å². The van der Waals surface area contributed by atoms with Crippen molar-refractivity contribution < 1.29 is 0 Å². The molecule has 0 bridgehead atoms. The molecule has 0 amide bonds. The maximum Gasteiger partial charge on any atom is 0.0632 e. The summed E-state index contributed by atoms with van der Waals surface area (Å²) in [6.07, 6.45) is 3.97. The summed E-state index contributed by atoms with van der Waals surface area (Å²) in [7, 11) is 0. The Morgan fingerprint density at radius 2 is 1.64 bits per heavy atom. The standard InChI is InChI=1S/C19H19N3/c1-2-22-14-6-9-19(22)15-20-16-10-12-18(13-11-16)21-17-7-4-3-5-8-17/h3-15,21H,2H2,1H3. The molecular formula is C19H19N3. The molecule has 110 valence electrons. The van der Waals surface area contributed by atoms with Gasteiger partial charge in [-0.25, -0.2) is 0 Å². The summed E-state index contributed by atoms with van der Waals surface area (Å²) in [5, 5.41) is 3.36. The summed E-state index contributed by atoms with van der Waals surface area (Å²) in [6, 6.07) is 22.4. The number of anilines is 2. The van der Waals surface area contributed by atoms with Crippen LogP contribution in [0.4, 0.5) is 17.1 Å². The number of rotatable bonds is 5. The summed E-state index contributed by atoms with van der Waals surface area (Å²) in [5.74, 6) is 0. The Labute approximate surface area is 131 Å². The van der Waals surface area contributed by atoms with Crippen LogP contribution in [0.2, 0.25) is 0 Å². The highest BCUT2D eigenvalue weighted by Crippen LogP contribution is 2.20. The first-order valence-electron chi connectivity index (χ1n) is 7.46. The van der Waals surface area contributed by atoms with E-state index in [-0.39, 0.29) is 0 Å². The highest BCUT2D eigenvalue weighted by molar-refractivity contribution is 5.80. The Morgan fingerprint density at radius 1 is 0.909 bits per heavy atom. The number of benzene rings is 2. The number of hydrogen-bond donors (Lipinski definition) is 1. The van der Waals surface area contributed by atoms with Crippen LogP contribution in [0.1, 0.15) is 12.6 Å². The van der Waals surface area contributed by atoms with Crippen molar-refractivity contribution in [2.45, 2.75) is 13.5 Å². The molecule has 0 saturated heterocycles. The fourth-order valence-corrected chi connectivity index (χ4v) is 2.29. The van der Waals surface area contributed by atoms with Gasteiger partial charge >= 0.3 is 0 Å². The molecule has 0 unspecified atom stereocenters. The van der Waals surface area contributed by atoms with Gasteiger partial charge in [0.05, 0.1) is 17.6 Å². The average molecular weight is 289 g/mol. The molecule has 0 spiro atoms. The second-order valence-corrected chi connectivity index (χ2v) is 5.02. The van der Waals surface area contributed by atoms with Crippen molar-refractivity contribution in [3.63, 3.8) is 0 Å². The molecule has 0 aliphatic heterocycles. The van der Waals surface area contributed by atoms with Crippen LogP contribution < -0.4 is 5.32 Å². The Bertz CT molecular complexity index is 740. The van der Waals surface area contributed by atoms with Gasteiger partial charge in [0.25, 0.3) is 0 Å². The van der Waals surface area contributed by atoms with Gasteiger partial charge in [0.2, 0.25) is 0 Å². The van der Waals surface area contributed by atoms with Crippen molar-refractivity contribution in [1.82, 2.24) is 4.57 Å². The number of nitrogens with one attached hydrogen (secondary N) is 1. The highest BCUT2D eigenvalue weighted by Gasteiger charge is 1.96. The minimum Gasteiger partial charge on any atom is -0.356 e. The van der Waals surface area contributed by atoms with Crippen LogP contribution in [0.25, 0.3) is 0 Å². The van der Waals surface area contributed by atoms with Gasteiger partial charge in [-0.1, -0.05) is 18.2 Å². The average Bonchev–Trinajstić information content (AvgIpc) is 3.03. The normalized spacial score (nSPS) is 11.0. The summed E-state index contributed by atoms with van der Waals surface area (Å²) >= 11 is 0. The van der Waals surface area contributed by atoms with Gasteiger partial charge < -0.3 is 9.88 Å². The lowest BCUT2D eigenvalue weighted by Crippen LogP contribution is -1.97. The van der Waals surface area contributed by atoms with E-state index in [1.54, 1.807) is 0 Å². The molecule has 0 saturated carbocycles. The smallest absolute Gasteiger partial charge is 0.0632 e. The number of para-hydroxylation sites is 1. The molecule has 3 aromatic rings. The Kier molecular flexibility index (Phi) is 4.35. The molecule has 3 heteroatoms. The lowest BCUT2D eigenvalue weighted by atomic mass is 10.2. The molecule has 0 atom stereocenters. The van der Waals surface area contributed by atoms with Crippen molar-refractivity contribution in [1.29, 1.82) is 0 Å². The first-order chi connectivity index (χ1) is 10.8. The molecule has 0 fully saturated rings. The molecule has 0 radical (unpaired) electrons. The van der Waals surface area contributed by atoms with Gasteiger partial charge in [0, 0.05) is 24.1 Å². The van der Waals surface area contributed by atoms with Crippen molar-refractivity contribution in [3.05, 3.63) is 78.6 Å². The monoisotopic (exact) mass is 289 g/mol. The topological polar surface area (TPSA) is 29.3 Å². The van der Waals surface area contributed by atoms with Crippen LogP contribution in [-0.4, -0.2) is 10.8 Å². The zero-order valence-corrected chi connectivity index (χ0v) is 12.6. The number of nitrogens with zero attached hydrogens (tertiary/aromatic N) is 2. The fraction of sp³-hybridized carbons (Fsp3) is 0.105. The van der Waals surface area contributed by atoms with Crippen LogP contribution in [0.3, 0.4) is 0 Å². The minimum absolute atomic E-state index is 0.947. The molecule has 1 N–H and O–H groups in total. The molecule has 22 heavy (non-hydrogen) atoms. The van der Waals surface area contributed by atoms with Gasteiger partial charge in [-0.3, -0.25) is 4.99 Å². The zero-order chi connectivity index (χ0) is 15.2. The third-order valence-corrected chi connectivity index (χ3v) is 3.48. The number of hydrogen-bond acceptors (Lipinski definition) is 2. The van der Waals surface area contributed by atoms with E-state index in [0.29, 0.717) is 0 Å². The minimum atomic E-state index is 0.947. The molecule has 3 rings (SSSR count). The van der Waals surface area contributed by atoms with E-state index in [1.807, 2.05) is 66.9 Å². The highest BCUT2D eigenvalue weighted by atomic mass is 15.0. The first kappa shape index (κ1) is 14.1. The molecule has 0 aliphatic rings. The van der Waals surface area contributed by atoms with Gasteiger partial charge in [0.15, 0.2) is 0 Å². The lowest BCUT2D eigenvalue weighted by Gasteiger charge is -2.06. The second kappa shape index (κ2) is 6.76. The van der Waals surface area contributed by atoms with Crippen LogP contribution in [0.15, 0.2) is 77.9 Å². The molecule has 1 aromatic heterocycles. The maximum atomic E-state index is 4.53. The third kappa shape index (κ3) is 3.44. The van der Waals surface area contributed by atoms with Crippen LogP contribution in [0, 0.1) is 0 Å². The number of aryl methyl sites for hydroxylation is 1. The van der Waals surface area contributed by atoms with E-state index in [4.69, 9.17) is 0 Å². The predicted molar refractivity (Wildman–Crippen MR) is 93.5 cm³/mol. The van der Waals surface area contributed by atoms with Gasteiger partial charge in [0.1, 0.15) is 0 Å².